The maximum Gasteiger partial charge on any atom is 1.00 e. The van der Waals surface area contributed by atoms with Crippen molar-refractivity contribution in [2.75, 3.05) is 0 Å². The Balaban J connectivity index is 0.00000243. The van der Waals surface area contributed by atoms with Crippen molar-refractivity contribution in [2.24, 2.45) is 0 Å². The Bertz CT molecular complexity index is 893. The molecule has 128 valence electrons. The van der Waals surface area contributed by atoms with E-state index in [1.165, 1.54) is 5.75 Å². The van der Waals surface area contributed by atoms with Crippen molar-refractivity contribution < 1.29 is 32.0 Å². The van der Waals surface area contributed by atoms with Crippen molar-refractivity contribution in [3.8, 4) is 5.75 Å². The fraction of sp³-hybridized carbons (Fsp3) is 0.0952. The van der Waals surface area contributed by atoms with Crippen LogP contribution in [-0.2, 0) is 22.9 Å². The van der Waals surface area contributed by atoms with Gasteiger partial charge in [0, 0.05) is 4.90 Å². The van der Waals surface area contributed by atoms with Gasteiger partial charge in [0.25, 0.3) is 0 Å². The molecule has 0 saturated heterocycles. The van der Waals surface area contributed by atoms with Crippen LogP contribution in [-0.4, -0.2) is 8.42 Å². The summed E-state index contributed by atoms with van der Waals surface area (Å²) in [5, 5.41) is 0. The topological polar surface area (TPSA) is 43.4 Å². The van der Waals surface area contributed by atoms with Crippen LogP contribution >= 0.6 is 0 Å². The van der Waals surface area contributed by atoms with Crippen LogP contribution in [0.4, 0.5) is 0 Å². The van der Waals surface area contributed by atoms with Gasteiger partial charge in [0.2, 0.25) is 0 Å². The summed E-state index contributed by atoms with van der Waals surface area (Å²) in [6.07, 6.45) is 0.357. The zero-order valence-corrected chi connectivity index (χ0v) is 15.5. The van der Waals surface area contributed by atoms with E-state index in [2.05, 4.69) is 0 Å². The van der Waals surface area contributed by atoms with Gasteiger partial charge >= 0.3 is 18.9 Å². The number of hydrogen-bond donors (Lipinski definition) is 0. The summed E-state index contributed by atoms with van der Waals surface area (Å²) in [6.45, 7) is 0.509. The second kappa shape index (κ2) is 9.64. The van der Waals surface area contributed by atoms with Crippen LogP contribution in [0.3, 0.4) is 0 Å². The first kappa shape index (κ1) is 20.3. The molecule has 0 unspecified atom stereocenters. The smallest absolute Gasteiger partial charge is 0.489 e. The van der Waals surface area contributed by atoms with E-state index >= 15 is 0 Å². The quantitative estimate of drug-likeness (QED) is 0.474. The number of benzene rings is 3. The number of rotatable bonds is 7. The second-order valence-corrected chi connectivity index (χ2v) is 7.54. The predicted molar refractivity (Wildman–Crippen MR) is 98.8 cm³/mol. The summed E-state index contributed by atoms with van der Waals surface area (Å²) < 4.78 is 30.2. The van der Waals surface area contributed by atoms with Crippen LogP contribution in [0.2, 0.25) is 0 Å². The number of ether oxygens (including phenoxy) is 1. The van der Waals surface area contributed by atoms with Crippen LogP contribution in [0.15, 0.2) is 89.8 Å². The molecule has 0 saturated carbocycles. The number of sulfone groups is 1. The largest absolute Gasteiger partial charge is 1.00 e. The Morgan fingerprint density at radius 2 is 1.31 bits per heavy atom. The van der Waals surface area contributed by atoms with E-state index < -0.39 is 9.84 Å². The Kier molecular flexibility index (Phi) is 7.53. The Morgan fingerprint density at radius 3 is 1.92 bits per heavy atom. The first-order chi connectivity index (χ1) is 12.1. The van der Waals surface area contributed by atoms with Gasteiger partial charge in [-0.15, -0.1) is 6.42 Å². The molecule has 0 aliphatic rings. The van der Waals surface area contributed by atoms with E-state index in [1.807, 2.05) is 54.6 Å². The van der Waals surface area contributed by atoms with E-state index in [4.69, 9.17) is 4.74 Å². The van der Waals surface area contributed by atoms with Gasteiger partial charge in [-0.1, -0.05) is 66.2 Å². The fourth-order valence-electron chi connectivity index (χ4n) is 2.37. The first-order valence-electron chi connectivity index (χ1n) is 8.02. The average Bonchev–Trinajstić information content (AvgIpc) is 2.67. The molecule has 3 rings (SSSR count). The van der Waals surface area contributed by atoms with Gasteiger partial charge in [-0.25, -0.2) is 0 Å². The third-order valence-corrected chi connectivity index (χ3v) is 5.32. The molecule has 0 aliphatic heterocycles. The minimum absolute atomic E-state index is 0. The maximum absolute atomic E-state index is 12.3. The first-order valence-corrected chi connectivity index (χ1v) is 9.57. The van der Waals surface area contributed by atoms with Crippen molar-refractivity contribution in [1.82, 2.24) is 0 Å². The summed E-state index contributed by atoms with van der Waals surface area (Å²) >= 11 is 0. The van der Waals surface area contributed by atoms with Crippen LogP contribution < -0.4 is 23.6 Å². The summed E-state index contributed by atoms with van der Waals surface area (Å²) in [6, 6.07) is 25.9. The minimum atomic E-state index is -3.37. The third kappa shape index (κ3) is 5.78. The Hall–Kier alpha value is -1.99. The molecule has 0 spiro atoms. The van der Waals surface area contributed by atoms with Gasteiger partial charge in [0.15, 0.2) is 0 Å². The Morgan fingerprint density at radius 1 is 0.731 bits per heavy atom. The normalized spacial score (nSPS) is 10.8. The molecule has 0 aromatic heterocycles. The van der Waals surface area contributed by atoms with Crippen molar-refractivity contribution in [3.63, 3.8) is 0 Å². The van der Waals surface area contributed by atoms with Gasteiger partial charge in [0.1, 0.15) is 12.4 Å². The van der Waals surface area contributed by atoms with E-state index in [0.29, 0.717) is 17.9 Å². The van der Waals surface area contributed by atoms with E-state index in [0.717, 1.165) is 16.9 Å². The van der Waals surface area contributed by atoms with Crippen molar-refractivity contribution in [3.05, 3.63) is 102 Å². The zero-order valence-electron chi connectivity index (χ0n) is 14.7. The van der Waals surface area contributed by atoms with Crippen LogP contribution in [0.1, 0.15) is 11.1 Å². The Labute approximate surface area is 167 Å². The summed E-state index contributed by atoms with van der Waals surface area (Å²) in [5.74, 6) is 2.11. The van der Waals surface area contributed by atoms with Crippen molar-refractivity contribution in [2.45, 2.75) is 17.9 Å². The zero-order chi connectivity index (χ0) is 17.5. The molecule has 3 nitrogen and oxygen atoms in total. The molecule has 0 fully saturated rings. The maximum atomic E-state index is 12.3. The molecule has 0 atom stereocenters. The number of hydrogen-bond acceptors (Lipinski definition) is 3. The molecular weight excluding hydrogens is 339 g/mol. The van der Waals surface area contributed by atoms with Gasteiger partial charge < -0.3 is 4.74 Å². The molecule has 0 heterocycles. The van der Waals surface area contributed by atoms with Gasteiger partial charge in [-0.2, -0.15) is 5.75 Å². The molecule has 26 heavy (non-hydrogen) atoms. The molecule has 3 aromatic rings. The van der Waals surface area contributed by atoms with Crippen molar-refractivity contribution in [1.29, 1.82) is 0 Å². The SMILES string of the molecule is O=S(=O)([CH-]Cc1ccc(OCc2ccccc2)cc1)c1ccccc1.[Li+]. The molecule has 0 radical (unpaired) electrons. The van der Waals surface area contributed by atoms with E-state index in [9.17, 15) is 8.42 Å². The molecule has 0 N–H and O–H groups in total. The standard InChI is InChI=1S/C21H19O3S.Li/c22-25(23,21-9-5-2-6-10-21)16-15-18-11-13-20(14-12-18)24-17-19-7-3-1-4-8-19;/h1-14,16H,15,17H2;/q-1;+1. The van der Waals surface area contributed by atoms with Gasteiger partial charge in [-0.3, -0.25) is 8.42 Å². The van der Waals surface area contributed by atoms with Crippen LogP contribution in [0.5, 0.6) is 5.75 Å². The fourth-order valence-corrected chi connectivity index (χ4v) is 3.52. The molecule has 0 bridgehead atoms. The molecular formula is C21H19LiO3S. The second-order valence-electron chi connectivity index (χ2n) is 5.65. The monoisotopic (exact) mass is 358 g/mol. The van der Waals surface area contributed by atoms with Gasteiger partial charge in [0.05, 0.1) is 9.84 Å². The third-order valence-electron chi connectivity index (χ3n) is 3.78. The summed E-state index contributed by atoms with van der Waals surface area (Å²) in [5.41, 5.74) is 2.03. The molecule has 3 aromatic carbocycles. The summed E-state index contributed by atoms with van der Waals surface area (Å²) in [4.78, 5) is 0.317. The van der Waals surface area contributed by atoms with E-state index in [-0.39, 0.29) is 18.9 Å². The molecule has 0 aliphatic carbocycles. The minimum Gasteiger partial charge on any atom is -0.489 e. The average molecular weight is 358 g/mol. The van der Waals surface area contributed by atoms with E-state index in [1.54, 1.807) is 30.3 Å². The molecule has 0 amide bonds. The van der Waals surface area contributed by atoms with Crippen molar-refractivity contribution >= 4 is 9.84 Å². The predicted octanol–water partition coefficient (Wildman–Crippen LogP) is 1.45. The van der Waals surface area contributed by atoms with Crippen LogP contribution in [0, 0.1) is 5.75 Å². The van der Waals surface area contributed by atoms with Crippen LogP contribution in [0.25, 0.3) is 0 Å². The van der Waals surface area contributed by atoms with Gasteiger partial charge in [-0.05, 0) is 29.8 Å². The summed E-state index contributed by atoms with van der Waals surface area (Å²) in [7, 11) is -3.37. The molecule has 5 heteroatoms.